The van der Waals surface area contributed by atoms with Gasteiger partial charge in [-0.2, -0.15) is 0 Å². The van der Waals surface area contributed by atoms with Gasteiger partial charge in [0.1, 0.15) is 13.1 Å². The van der Waals surface area contributed by atoms with E-state index >= 15 is 0 Å². The highest BCUT2D eigenvalue weighted by molar-refractivity contribution is 7.80. The highest BCUT2D eigenvalue weighted by Gasteiger charge is 2.28. The van der Waals surface area contributed by atoms with Gasteiger partial charge in [-0.3, -0.25) is 0 Å². The smallest absolute Gasteiger partial charge is 0.169 e. The number of likely N-dealkylation sites (tertiary alicyclic amines) is 1. The number of thiocarbonyl (C=S) groups is 1. The van der Waals surface area contributed by atoms with Crippen LogP contribution in [0.2, 0.25) is 0 Å². The van der Waals surface area contributed by atoms with E-state index in [0.717, 1.165) is 56.8 Å². The van der Waals surface area contributed by atoms with Crippen LogP contribution in [-0.4, -0.2) is 60.5 Å². The molecular formula is C20H35N4OS+. The third-order valence-electron chi connectivity index (χ3n) is 5.94. The zero-order valence-corrected chi connectivity index (χ0v) is 17.2. The Hall–Kier alpha value is -1.11. The SMILES string of the molecule is C[C@@H]1CC[C@@H](c2cccn2C)N(C(=S)NCCC[NH+]2CCOCC2)CC1. The minimum atomic E-state index is 0.393. The van der Waals surface area contributed by atoms with E-state index in [1.54, 1.807) is 4.90 Å². The lowest BCUT2D eigenvalue weighted by molar-refractivity contribution is -0.908. The van der Waals surface area contributed by atoms with Crippen LogP contribution in [0.4, 0.5) is 0 Å². The summed E-state index contributed by atoms with van der Waals surface area (Å²) in [6, 6.07) is 4.78. The van der Waals surface area contributed by atoms with E-state index in [4.69, 9.17) is 17.0 Å². The molecule has 5 nitrogen and oxygen atoms in total. The molecule has 2 fully saturated rings. The minimum absolute atomic E-state index is 0.393. The first-order valence-corrected chi connectivity index (χ1v) is 10.6. The summed E-state index contributed by atoms with van der Waals surface area (Å²) in [4.78, 5) is 4.10. The molecule has 0 amide bonds. The summed E-state index contributed by atoms with van der Waals surface area (Å²) in [5.74, 6) is 0.774. The van der Waals surface area contributed by atoms with Crippen LogP contribution < -0.4 is 10.2 Å². The third kappa shape index (κ3) is 5.21. The van der Waals surface area contributed by atoms with Crippen molar-refractivity contribution in [2.45, 2.75) is 38.6 Å². The first-order valence-electron chi connectivity index (χ1n) is 10.2. The van der Waals surface area contributed by atoms with Gasteiger partial charge in [-0.15, -0.1) is 0 Å². The van der Waals surface area contributed by atoms with Crippen molar-refractivity contribution in [1.82, 2.24) is 14.8 Å². The maximum Gasteiger partial charge on any atom is 0.169 e. The molecule has 0 radical (unpaired) electrons. The Kier molecular flexibility index (Phi) is 7.34. The van der Waals surface area contributed by atoms with Gasteiger partial charge in [-0.05, 0) is 49.5 Å². The van der Waals surface area contributed by atoms with Crippen molar-refractivity contribution in [1.29, 1.82) is 0 Å². The van der Waals surface area contributed by atoms with E-state index in [1.807, 2.05) is 0 Å². The number of ether oxygens (including phenoxy) is 1. The summed E-state index contributed by atoms with van der Waals surface area (Å²) in [6.45, 7) is 9.70. The van der Waals surface area contributed by atoms with Crippen molar-refractivity contribution in [2.75, 3.05) is 45.9 Å². The molecule has 0 bridgehead atoms. The van der Waals surface area contributed by atoms with Crippen molar-refractivity contribution < 1.29 is 9.64 Å². The number of hydrogen-bond acceptors (Lipinski definition) is 2. The van der Waals surface area contributed by atoms with E-state index < -0.39 is 0 Å². The molecule has 6 heteroatoms. The van der Waals surface area contributed by atoms with Crippen molar-refractivity contribution in [2.24, 2.45) is 13.0 Å². The molecule has 0 spiro atoms. The number of nitrogens with zero attached hydrogens (tertiary/aromatic N) is 2. The lowest BCUT2D eigenvalue weighted by Gasteiger charge is -2.33. The molecule has 26 heavy (non-hydrogen) atoms. The molecule has 2 aliphatic rings. The molecule has 3 heterocycles. The molecule has 0 saturated carbocycles. The summed E-state index contributed by atoms with van der Waals surface area (Å²) >= 11 is 5.82. The second kappa shape index (κ2) is 9.72. The minimum Gasteiger partial charge on any atom is -0.370 e. The fraction of sp³-hybridized carbons (Fsp3) is 0.750. The second-order valence-electron chi connectivity index (χ2n) is 7.92. The molecule has 0 aliphatic carbocycles. The van der Waals surface area contributed by atoms with E-state index in [9.17, 15) is 0 Å². The molecule has 1 aromatic heterocycles. The summed E-state index contributed by atoms with van der Waals surface area (Å²) < 4.78 is 7.68. The Morgan fingerprint density at radius 1 is 1.31 bits per heavy atom. The van der Waals surface area contributed by atoms with Gasteiger partial charge >= 0.3 is 0 Å². The Balaban J connectivity index is 1.53. The predicted octanol–water partition coefficient (Wildman–Crippen LogP) is 1.37. The summed E-state index contributed by atoms with van der Waals surface area (Å²) in [7, 11) is 2.14. The van der Waals surface area contributed by atoms with E-state index in [2.05, 4.69) is 47.1 Å². The van der Waals surface area contributed by atoms with Gasteiger partial charge in [0.05, 0.1) is 25.8 Å². The van der Waals surface area contributed by atoms with Crippen LogP contribution in [0.3, 0.4) is 0 Å². The van der Waals surface area contributed by atoms with Crippen LogP contribution >= 0.6 is 12.2 Å². The van der Waals surface area contributed by atoms with Crippen molar-refractivity contribution in [3.63, 3.8) is 0 Å². The molecule has 146 valence electrons. The summed E-state index contributed by atoms with van der Waals surface area (Å²) in [6.07, 6.45) is 6.98. The molecule has 3 rings (SSSR count). The van der Waals surface area contributed by atoms with Gasteiger partial charge in [0.25, 0.3) is 0 Å². The molecule has 2 N–H and O–H groups in total. The first-order chi connectivity index (χ1) is 12.6. The standard InChI is InChI=1S/C20H34N4OS/c1-17-6-7-19(18-5-3-10-22(18)2)24(12-8-17)20(26)21-9-4-11-23-13-15-25-16-14-23/h3,5,10,17,19H,4,6-9,11-16H2,1-2H3,(H,21,26)/p+1/t17-,19+/m1/s1. The molecule has 2 atom stereocenters. The first kappa shape index (κ1) is 19.6. The van der Waals surface area contributed by atoms with E-state index in [0.29, 0.717) is 6.04 Å². The Morgan fingerprint density at radius 3 is 2.85 bits per heavy atom. The van der Waals surface area contributed by atoms with Gasteiger partial charge in [-0.1, -0.05) is 6.92 Å². The number of rotatable bonds is 5. The molecule has 0 unspecified atom stereocenters. The van der Waals surface area contributed by atoms with E-state index in [1.165, 1.54) is 31.5 Å². The number of nitrogens with one attached hydrogen (secondary N) is 2. The molecule has 2 aliphatic heterocycles. The van der Waals surface area contributed by atoms with Crippen molar-refractivity contribution in [3.8, 4) is 0 Å². The summed E-state index contributed by atoms with van der Waals surface area (Å²) in [5.41, 5.74) is 1.38. The normalized spacial score (nSPS) is 25.1. The zero-order valence-electron chi connectivity index (χ0n) is 16.4. The van der Waals surface area contributed by atoms with Gasteiger partial charge in [0.15, 0.2) is 5.11 Å². The Labute approximate surface area is 163 Å². The van der Waals surface area contributed by atoms with Crippen molar-refractivity contribution in [3.05, 3.63) is 24.0 Å². The fourth-order valence-electron chi connectivity index (χ4n) is 4.17. The van der Waals surface area contributed by atoms with Gasteiger partial charge in [-0.25, -0.2) is 0 Å². The fourth-order valence-corrected chi connectivity index (χ4v) is 4.49. The second-order valence-corrected chi connectivity index (χ2v) is 8.31. The molecule has 2 saturated heterocycles. The van der Waals surface area contributed by atoms with Crippen LogP contribution in [0.5, 0.6) is 0 Å². The zero-order chi connectivity index (χ0) is 18.4. The molecular weight excluding hydrogens is 344 g/mol. The lowest BCUT2D eigenvalue weighted by Crippen LogP contribution is -3.14. The lowest BCUT2D eigenvalue weighted by atomic mass is 10.0. The topological polar surface area (TPSA) is 33.9 Å². The summed E-state index contributed by atoms with van der Waals surface area (Å²) in [5, 5.41) is 4.48. The van der Waals surface area contributed by atoms with Crippen LogP contribution in [0.25, 0.3) is 0 Å². The predicted molar refractivity (Wildman–Crippen MR) is 109 cm³/mol. The quantitative estimate of drug-likeness (QED) is 0.598. The third-order valence-corrected chi connectivity index (χ3v) is 6.32. The van der Waals surface area contributed by atoms with Gasteiger partial charge < -0.3 is 24.4 Å². The highest BCUT2D eigenvalue weighted by atomic mass is 32.1. The number of morpholine rings is 1. The number of aryl methyl sites for hydroxylation is 1. The van der Waals surface area contributed by atoms with E-state index in [-0.39, 0.29) is 0 Å². The van der Waals surface area contributed by atoms with Gasteiger partial charge in [0, 0.05) is 38.4 Å². The maximum atomic E-state index is 5.82. The van der Waals surface area contributed by atoms with Crippen LogP contribution in [0, 0.1) is 5.92 Å². The van der Waals surface area contributed by atoms with Crippen LogP contribution in [-0.2, 0) is 11.8 Å². The van der Waals surface area contributed by atoms with Crippen LogP contribution in [0.1, 0.15) is 44.3 Å². The molecule has 0 aromatic carbocycles. The Bertz CT molecular complexity index is 570. The number of aromatic nitrogens is 1. The maximum absolute atomic E-state index is 5.82. The Morgan fingerprint density at radius 2 is 2.12 bits per heavy atom. The number of hydrogen-bond donors (Lipinski definition) is 2. The van der Waals surface area contributed by atoms with Crippen LogP contribution in [0.15, 0.2) is 18.3 Å². The molecule has 1 aromatic rings. The monoisotopic (exact) mass is 379 g/mol. The highest BCUT2D eigenvalue weighted by Crippen LogP contribution is 2.32. The largest absolute Gasteiger partial charge is 0.370 e. The average molecular weight is 380 g/mol. The van der Waals surface area contributed by atoms with Crippen molar-refractivity contribution >= 4 is 17.3 Å². The van der Waals surface area contributed by atoms with Gasteiger partial charge in [0.2, 0.25) is 0 Å². The number of quaternary nitrogens is 1. The average Bonchev–Trinajstić information content (AvgIpc) is 2.98.